The first-order valence-corrected chi connectivity index (χ1v) is 7.06. The molecule has 1 rings (SSSR count). The second kappa shape index (κ2) is 5.16. The molecule has 0 aliphatic carbocycles. The number of aliphatic hydroxyl groups is 1. The number of hydrogen-bond donors (Lipinski definition) is 2. The largest absolute Gasteiger partial charge is 0.481 e. The number of rotatable bonds is 4. The van der Waals surface area contributed by atoms with Crippen molar-refractivity contribution in [2.45, 2.75) is 26.4 Å². The number of carboxylic acid groups (broad SMARTS) is 1. The van der Waals surface area contributed by atoms with Crippen molar-refractivity contribution in [3.8, 4) is 0 Å². The quantitative estimate of drug-likeness (QED) is 0.846. The minimum absolute atomic E-state index is 0.188. The molecule has 0 radical (unpaired) electrons. The van der Waals surface area contributed by atoms with Gasteiger partial charge in [-0.05, 0) is 52.1 Å². The van der Waals surface area contributed by atoms with Crippen LogP contribution in [0.4, 0.5) is 0 Å². The second-order valence-corrected chi connectivity index (χ2v) is 6.73. The number of aliphatic hydroxyl groups excluding tert-OH is 1. The highest BCUT2D eigenvalue weighted by molar-refractivity contribution is 9.13. The first-order chi connectivity index (χ1) is 7.25. The fraction of sp³-hybridized carbons (Fsp3) is 0.500. The van der Waals surface area contributed by atoms with Gasteiger partial charge in [0.15, 0.2) is 0 Å². The van der Waals surface area contributed by atoms with E-state index in [4.69, 9.17) is 5.11 Å². The van der Waals surface area contributed by atoms with Gasteiger partial charge >= 0.3 is 5.97 Å². The fourth-order valence-corrected chi connectivity index (χ4v) is 3.46. The molecular formula is C10H12Br2O3S. The van der Waals surface area contributed by atoms with Crippen LogP contribution < -0.4 is 0 Å². The molecule has 0 aliphatic rings. The number of carbonyl (C=O) groups is 1. The highest BCUT2D eigenvalue weighted by Crippen LogP contribution is 2.40. The zero-order valence-electron chi connectivity index (χ0n) is 8.83. The summed E-state index contributed by atoms with van der Waals surface area (Å²) in [5, 5.41) is 20.8. The molecule has 1 aromatic heterocycles. The van der Waals surface area contributed by atoms with E-state index >= 15 is 0 Å². The number of hydrogen-bond acceptors (Lipinski definition) is 3. The molecule has 0 bridgehead atoms. The Morgan fingerprint density at radius 2 is 2.12 bits per heavy atom. The van der Waals surface area contributed by atoms with Gasteiger partial charge in [-0.25, -0.2) is 0 Å². The molecule has 0 saturated carbocycles. The molecule has 0 saturated heterocycles. The first kappa shape index (κ1) is 14.2. The van der Waals surface area contributed by atoms with Crippen molar-refractivity contribution in [1.82, 2.24) is 0 Å². The van der Waals surface area contributed by atoms with E-state index in [0.29, 0.717) is 0 Å². The van der Waals surface area contributed by atoms with Crippen LogP contribution in [0.1, 0.15) is 31.2 Å². The Labute approximate surface area is 115 Å². The van der Waals surface area contributed by atoms with Crippen molar-refractivity contribution in [3.05, 3.63) is 19.2 Å². The van der Waals surface area contributed by atoms with E-state index in [2.05, 4.69) is 31.9 Å². The number of thiophene rings is 1. The van der Waals surface area contributed by atoms with E-state index in [-0.39, 0.29) is 6.42 Å². The van der Waals surface area contributed by atoms with Gasteiger partial charge in [0.05, 0.1) is 11.5 Å². The Morgan fingerprint density at radius 3 is 2.50 bits per heavy atom. The van der Waals surface area contributed by atoms with Crippen LogP contribution in [0, 0.1) is 5.41 Å². The summed E-state index contributed by atoms with van der Waals surface area (Å²) in [6, 6.07) is 0. The predicted octanol–water partition coefficient (Wildman–Crippen LogP) is 3.81. The van der Waals surface area contributed by atoms with Crippen molar-refractivity contribution < 1.29 is 15.0 Å². The minimum Gasteiger partial charge on any atom is -0.481 e. The normalized spacial score (nSPS) is 13.8. The summed E-state index contributed by atoms with van der Waals surface area (Å²) in [5.74, 6) is -0.904. The van der Waals surface area contributed by atoms with Crippen molar-refractivity contribution >= 4 is 49.2 Å². The van der Waals surface area contributed by atoms with Crippen LogP contribution in [0.5, 0.6) is 0 Å². The second-order valence-electron chi connectivity index (χ2n) is 4.17. The van der Waals surface area contributed by atoms with Crippen molar-refractivity contribution in [2.75, 3.05) is 0 Å². The van der Waals surface area contributed by atoms with E-state index in [1.807, 2.05) is 5.38 Å². The summed E-state index contributed by atoms with van der Waals surface area (Å²) >= 11 is 8.08. The van der Waals surface area contributed by atoms with Crippen LogP contribution in [0.3, 0.4) is 0 Å². The first-order valence-electron chi connectivity index (χ1n) is 4.59. The van der Waals surface area contributed by atoms with Gasteiger partial charge in [-0.2, -0.15) is 0 Å². The molecule has 3 nitrogen and oxygen atoms in total. The molecule has 1 heterocycles. The number of carboxylic acids is 1. The minimum atomic E-state index is -0.935. The Balaban J connectivity index is 2.84. The molecule has 0 aromatic carbocycles. The van der Waals surface area contributed by atoms with Crippen LogP contribution in [-0.4, -0.2) is 16.2 Å². The van der Waals surface area contributed by atoms with Gasteiger partial charge in [-0.1, -0.05) is 0 Å². The van der Waals surface area contributed by atoms with Crippen LogP contribution in [0.25, 0.3) is 0 Å². The lowest BCUT2D eigenvalue weighted by Gasteiger charge is -2.22. The van der Waals surface area contributed by atoms with Crippen LogP contribution in [0.15, 0.2) is 14.3 Å². The SMILES string of the molecule is CC(C)(CC(O)c1scc(Br)c1Br)C(=O)O. The van der Waals surface area contributed by atoms with Gasteiger partial charge in [0, 0.05) is 19.2 Å². The molecule has 0 fully saturated rings. The number of aliphatic carboxylic acids is 1. The van der Waals surface area contributed by atoms with Gasteiger partial charge in [0.2, 0.25) is 0 Å². The van der Waals surface area contributed by atoms with E-state index < -0.39 is 17.5 Å². The molecule has 6 heteroatoms. The number of halogens is 2. The summed E-state index contributed by atoms with van der Waals surface area (Å²) in [6.07, 6.45) is -0.578. The average molecular weight is 372 g/mol. The fourth-order valence-electron chi connectivity index (χ4n) is 1.22. The maximum atomic E-state index is 10.9. The Hall–Kier alpha value is 0.0900. The summed E-state index contributed by atoms with van der Waals surface area (Å²) < 4.78 is 1.67. The molecule has 16 heavy (non-hydrogen) atoms. The van der Waals surface area contributed by atoms with E-state index in [9.17, 15) is 9.90 Å². The third-order valence-corrected chi connectivity index (χ3v) is 5.96. The third-order valence-electron chi connectivity index (χ3n) is 2.30. The molecule has 2 N–H and O–H groups in total. The Bertz CT molecular complexity index is 401. The maximum Gasteiger partial charge on any atom is 0.309 e. The highest BCUT2D eigenvalue weighted by atomic mass is 79.9. The molecular weight excluding hydrogens is 360 g/mol. The van der Waals surface area contributed by atoms with Gasteiger partial charge in [0.25, 0.3) is 0 Å². The third kappa shape index (κ3) is 3.06. The molecule has 0 amide bonds. The standard InChI is InChI=1S/C10H12Br2O3S/c1-10(2,9(14)15)3-6(13)8-7(12)5(11)4-16-8/h4,6,13H,3H2,1-2H3,(H,14,15). The summed E-state index contributed by atoms with van der Waals surface area (Å²) in [5.41, 5.74) is -0.935. The molecule has 0 spiro atoms. The van der Waals surface area contributed by atoms with Crippen molar-refractivity contribution in [1.29, 1.82) is 0 Å². The zero-order chi connectivity index (χ0) is 12.5. The summed E-state index contributed by atoms with van der Waals surface area (Å²) in [4.78, 5) is 11.7. The molecule has 90 valence electrons. The van der Waals surface area contributed by atoms with Crippen molar-refractivity contribution in [3.63, 3.8) is 0 Å². The highest BCUT2D eigenvalue weighted by Gasteiger charge is 2.31. The molecule has 1 unspecified atom stereocenters. The maximum absolute atomic E-state index is 10.9. The lowest BCUT2D eigenvalue weighted by Crippen LogP contribution is -2.25. The summed E-state index contributed by atoms with van der Waals surface area (Å²) in [6.45, 7) is 3.21. The zero-order valence-corrected chi connectivity index (χ0v) is 12.8. The van der Waals surface area contributed by atoms with Gasteiger partial charge in [0.1, 0.15) is 0 Å². The monoisotopic (exact) mass is 370 g/mol. The predicted molar refractivity (Wildman–Crippen MR) is 70.7 cm³/mol. The molecule has 1 aromatic rings. The summed E-state index contributed by atoms with van der Waals surface area (Å²) in [7, 11) is 0. The van der Waals surface area contributed by atoms with Gasteiger partial charge in [-0.15, -0.1) is 11.3 Å². The lowest BCUT2D eigenvalue weighted by atomic mass is 9.86. The molecule has 1 atom stereocenters. The van der Waals surface area contributed by atoms with E-state index in [1.165, 1.54) is 11.3 Å². The van der Waals surface area contributed by atoms with Crippen LogP contribution >= 0.6 is 43.2 Å². The Morgan fingerprint density at radius 1 is 1.56 bits per heavy atom. The smallest absolute Gasteiger partial charge is 0.309 e. The lowest BCUT2D eigenvalue weighted by molar-refractivity contribution is -0.148. The van der Waals surface area contributed by atoms with Gasteiger partial charge < -0.3 is 10.2 Å². The molecule has 0 aliphatic heterocycles. The van der Waals surface area contributed by atoms with E-state index in [1.54, 1.807) is 13.8 Å². The topological polar surface area (TPSA) is 57.5 Å². The Kier molecular flexibility index (Phi) is 4.57. The van der Waals surface area contributed by atoms with E-state index in [0.717, 1.165) is 13.8 Å². The van der Waals surface area contributed by atoms with Crippen molar-refractivity contribution in [2.24, 2.45) is 5.41 Å². The average Bonchev–Trinajstić information content (AvgIpc) is 2.46. The van der Waals surface area contributed by atoms with Crippen LogP contribution in [-0.2, 0) is 4.79 Å². The van der Waals surface area contributed by atoms with Crippen LogP contribution in [0.2, 0.25) is 0 Å². The van der Waals surface area contributed by atoms with Gasteiger partial charge in [-0.3, -0.25) is 4.79 Å².